The summed E-state index contributed by atoms with van der Waals surface area (Å²) < 4.78 is 26.1. The molecule has 2 aliphatic rings. The molecule has 3 aromatic rings. The molecule has 5 rings (SSSR count). The Kier molecular flexibility index (Phi) is 4.53. The summed E-state index contributed by atoms with van der Waals surface area (Å²) >= 11 is 0. The van der Waals surface area contributed by atoms with Crippen LogP contribution in [-0.2, 0) is 4.79 Å². The minimum Gasteiger partial charge on any atom is -0.486 e. The first-order valence-corrected chi connectivity index (χ1v) is 9.78. The van der Waals surface area contributed by atoms with Gasteiger partial charge in [-0.05, 0) is 18.6 Å². The molecule has 2 aromatic heterocycles. The van der Waals surface area contributed by atoms with Gasteiger partial charge in [-0.1, -0.05) is 6.07 Å². The van der Waals surface area contributed by atoms with E-state index in [9.17, 15) is 9.18 Å². The van der Waals surface area contributed by atoms with Crippen molar-refractivity contribution in [1.82, 2.24) is 14.6 Å². The second kappa shape index (κ2) is 7.36. The zero-order valence-corrected chi connectivity index (χ0v) is 16.3. The molecule has 1 aliphatic heterocycles. The second-order valence-corrected chi connectivity index (χ2v) is 7.29. The van der Waals surface area contributed by atoms with Crippen molar-refractivity contribution < 1.29 is 18.7 Å². The Morgan fingerprint density at radius 2 is 2.13 bits per heavy atom. The van der Waals surface area contributed by atoms with E-state index in [2.05, 4.69) is 26.0 Å². The van der Waals surface area contributed by atoms with Crippen LogP contribution in [-0.4, -0.2) is 46.9 Å². The van der Waals surface area contributed by atoms with Crippen molar-refractivity contribution in [2.45, 2.75) is 19.0 Å². The second-order valence-electron chi connectivity index (χ2n) is 7.29. The highest BCUT2D eigenvalue weighted by Gasteiger charge is 2.38. The molecular weight excluding hydrogens is 391 g/mol. The Balaban J connectivity index is 1.45. The average Bonchev–Trinajstić information content (AvgIpc) is 3.29. The number of aromatic nitrogens is 3. The van der Waals surface area contributed by atoms with Crippen LogP contribution in [0.4, 0.5) is 27.4 Å². The lowest BCUT2D eigenvalue weighted by molar-refractivity contribution is -0.116. The largest absolute Gasteiger partial charge is 0.486 e. The normalized spacial score (nSPS) is 19.4. The fraction of sp³-hybridized carbons (Fsp3) is 0.350. The molecule has 9 nitrogen and oxygen atoms in total. The van der Waals surface area contributed by atoms with Crippen LogP contribution >= 0.6 is 0 Å². The number of alkyl halides is 1. The number of amides is 1. The number of ether oxygens (including phenoxy) is 2. The molecule has 0 bridgehead atoms. The van der Waals surface area contributed by atoms with E-state index in [0.717, 1.165) is 5.69 Å². The van der Waals surface area contributed by atoms with Crippen LogP contribution in [0.5, 0.6) is 11.5 Å². The van der Waals surface area contributed by atoms with Gasteiger partial charge < -0.3 is 25.4 Å². The number of halogens is 1. The Bertz CT molecular complexity index is 1120. The van der Waals surface area contributed by atoms with Gasteiger partial charge >= 0.3 is 0 Å². The molecule has 156 valence electrons. The van der Waals surface area contributed by atoms with E-state index in [1.54, 1.807) is 17.6 Å². The third-order valence-electron chi connectivity index (χ3n) is 5.11. The number of para-hydroxylation sites is 1. The van der Waals surface area contributed by atoms with E-state index < -0.39 is 6.17 Å². The van der Waals surface area contributed by atoms with Crippen LogP contribution in [0.2, 0.25) is 0 Å². The number of nitrogens with zero attached hydrogens (tertiary/aromatic N) is 3. The van der Waals surface area contributed by atoms with Crippen LogP contribution < -0.4 is 25.4 Å². The summed E-state index contributed by atoms with van der Waals surface area (Å²) in [5.41, 5.74) is 1.65. The van der Waals surface area contributed by atoms with E-state index in [0.29, 0.717) is 54.1 Å². The SMILES string of the molecule is CNc1cc(Nc2cccc3c2OCCO3)nc2c(NC(=O)C[C@@H]3C[C@@H]3F)cnn12. The highest BCUT2D eigenvalue weighted by atomic mass is 19.1. The zero-order chi connectivity index (χ0) is 20.7. The quantitative estimate of drug-likeness (QED) is 0.572. The van der Waals surface area contributed by atoms with Crippen LogP contribution in [0, 0.1) is 5.92 Å². The summed E-state index contributed by atoms with van der Waals surface area (Å²) in [4.78, 5) is 16.9. The molecule has 3 N–H and O–H groups in total. The third-order valence-corrected chi connectivity index (χ3v) is 5.11. The van der Waals surface area contributed by atoms with E-state index in [1.165, 1.54) is 6.20 Å². The maximum atomic E-state index is 13.1. The van der Waals surface area contributed by atoms with Crippen molar-refractivity contribution in [2.75, 3.05) is 36.2 Å². The van der Waals surface area contributed by atoms with Gasteiger partial charge in [0.05, 0.1) is 11.9 Å². The van der Waals surface area contributed by atoms with Gasteiger partial charge in [-0.15, -0.1) is 0 Å². The summed E-state index contributed by atoms with van der Waals surface area (Å²) in [6.45, 7) is 0.979. The van der Waals surface area contributed by atoms with Crippen LogP contribution in [0.1, 0.15) is 12.8 Å². The maximum absolute atomic E-state index is 13.1. The highest BCUT2D eigenvalue weighted by Crippen LogP contribution is 2.39. The fourth-order valence-corrected chi connectivity index (χ4v) is 3.46. The molecule has 0 unspecified atom stereocenters. The monoisotopic (exact) mass is 412 g/mol. The van der Waals surface area contributed by atoms with Gasteiger partial charge in [-0.3, -0.25) is 4.79 Å². The van der Waals surface area contributed by atoms with Gasteiger partial charge in [-0.2, -0.15) is 9.61 Å². The predicted molar refractivity (Wildman–Crippen MR) is 109 cm³/mol. The Hall–Kier alpha value is -3.56. The standard InChI is InChI=1S/C20H21FN6O3/c1-22-17-9-16(24-13-3-2-4-15-19(13)30-6-5-29-15)26-20-14(10-23-27(17)20)25-18(28)8-11-7-12(11)21/h2-4,9-12,22H,5-8H2,1H3,(H,24,26)(H,25,28)/t11-,12-/m0/s1. The van der Waals surface area contributed by atoms with Crippen molar-refractivity contribution in [2.24, 2.45) is 5.92 Å². The Morgan fingerprint density at radius 3 is 2.93 bits per heavy atom. The molecule has 3 heterocycles. The maximum Gasteiger partial charge on any atom is 0.224 e. The van der Waals surface area contributed by atoms with Gasteiger partial charge in [-0.25, -0.2) is 9.37 Å². The van der Waals surface area contributed by atoms with Gasteiger partial charge in [0.25, 0.3) is 0 Å². The van der Waals surface area contributed by atoms with Gasteiger partial charge in [0, 0.05) is 25.5 Å². The number of nitrogens with one attached hydrogen (secondary N) is 3. The lowest BCUT2D eigenvalue weighted by Gasteiger charge is -2.21. The first-order valence-electron chi connectivity index (χ1n) is 9.78. The summed E-state index contributed by atoms with van der Waals surface area (Å²) in [5.74, 6) is 2.08. The molecule has 2 atom stereocenters. The number of fused-ring (bicyclic) bond motifs is 2. The van der Waals surface area contributed by atoms with Crippen molar-refractivity contribution in [3.05, 3.63) is 30.5 Å². The number of hydrogen-bond donors (Lipinski definition) is 3. The molecule has 30 heavy (non-hydrogen) atoms. The van der Waals surface area contributed by atoms with Crippen molar-refractivity contribution in [1.29, 1.82) is 0 Å². The Labute approximate surface area is 171 Å². The minimum atomic E-state index is -0.868. The third kappa shape index (κ3) is 3.44. The zero-order valence-electron chi connectivity index (χ0n) is 16.3. The molecule has 1 fully saturated rings. The first kappa shape index (κ1) is 18.5. The topological polar surface area (TPSA) is 102 Å². The van der Waals surface area contributed by atoms with E-state index in [1.807, 2.05) is 18.2 Å². The summed E-state index contributed by atoms with van der Waals surface area (Å²) in [5, 5.41) is 13.4. The number of carbonyl (C=O) groups excluding carboxylic acids is 1. The molecule has 0 radical (unpaired) electrons. The lowest BCUT2D eigenvalue weighted by atomic mass is 10.2. The number of hydrogen-bond acceptors (Lipinski definition) is 7. The molecule has 0 saturated heterocycles. The lowest BCUT2D eigenvalue weighted by Crippen LogP contribution is -2.16. The summed E-state index contributed by atoms with van der Waals surface area (Å²) in [6, 6.07) is 7.39. The van der Waals surface area contributed by atoms with Crippen molar-refractivity contribution >= 4 is 34.6 Å². The van der Waals surface area contributed by atoms with Crippen molar-refractivity contribution in [3.63, 3.8) is 0 Å². The van der Waals surface area contributed by atoms with Gasteiger partial charge in [0.2, 0.25) is 5.91 Å². The van der Waals surface area contributed by atoms with E-state index in [4.69, 9.17) is 9.47 Å². The summed E-state index contributed by atoms with van der Waals surface area (Å²) in [6.07, 6.45) is 1.27. The van der Waals surface area contributed by atoms with Gasteiger partial charge in [0.15, 0.2) is 17.1 Å². The van der Waals surface area contributed by atoms with Gasteiger partial charge in [0.1, 0.15) is 36.7 Å². The molecule has 10 heteroatoms. The molecule has 1 aromatic carbocycles. The number of anilines is 4. The van der Waals surface area contributed by atoms with E-state index >= 15 is 0 Å². The number of benzene rings is 1. The highest BCUT2D eigenvalue weighted by molar-refractivity contribution is 5.95. The van der Waals surface area contributed by atoms with E-state index in [-0.39, 0.29) is 18.2 Å². The van der Waals surface area contributed by atoms with Crippen molar-refractivity contribution in [3.8, 4) is 11.5 Å². The number of rotatable bonds is 6. The molecule has 1 aliphatic carbocycles. The summed E-state index contributed by atoms with van der Waals surface area (Å²) in [7, 11) is 1.77. The van der Waals surface area contributed by atoms with Crippen LogP contribution in [0.25, 0.3) is 5.65 Å². The number of carbonyl (C=O) groups is 1. The molecule has 0 spiro atoms. The Morgan fingerprint density at radius 1 is 1.30 bits per heavy atom. The fourth-order valence-electron chi connectivity index (χ4n) is 3.46. The molecular formula is C20H21FN6O3. The predicted octanol–water partition coefficient (Wildman–Crippen LogP) is 2.97. The van der Waals surface area contributed by atoms with Crippen LogP contribution in [0.15, 0.2) is 30.5 Å². The van der Waals surface area contributed by atoms with Crippen LogP contribution in [0.3, 0.4) is 0 Å². The molecule has 1 amide bonds. The molecule has 1 saturated carbocycles. The smallest absolute Gasteiger partial charge is 0.224 e. The minimum absolute atomic E-state index is 0.156. The first-order chi connectivity index (χ1) is 14.6. The average molecular weight is 412 g/mol.